The first kappa shape index (κ1) is 94.4. The van der Waals surface area contributed by atoms with Gasteiger partial charge in [0.05, 0.1) is 38.6 Å². The summed E-state index contributed by atoms with van der Waals surface area (Å²) in [7, 11) is 0. The van der Waals surface area contributed by atoms with Crippen molar-refractivity contribution in [2.75, 3.05) is 26.4 Å². The van der Waals surface area contributed by atoms with Gasteiger partial charge >= 0.3 is 0 Å². The molecule has 19 heteroatoms. The fourth-order valence-corrected chi connectivity index (χ4v) is 13.0. The first-order valence-corrected chi connectivity index (χ1v) is 40.8. The molecule has 0 bridgehead atoms. The number of carbonyl (C=O) groups excluding carboxylic acids is 1. The third-order valence-corrected chi connectivity index (χ3v) is 19.5. The Morgan fingerprint density at radius 2 is 0.673 bits per heavy atom. The van der Waals surface area contributed by atoms with E-state index in [2.05, 4.69) is 129 Å². The third-order valence-electron chi connectivity index (χ3n) is 19.5. The van der Waals surface area contributed by atoms with Crippen LogP contribution >= 0.6 is 0 Å². The van der Waals surface area contributed by atoms with Gasteiger partial charge in [0.2, 0.25) is 5.91 Å². The molecule has 19 nitrogen and oxygen atoms in total. The van der Waals surface area contributed by atoms with Crippen LogP contribution in [0.4, 0.5) is 0 Å². The molecular weight excluding hydrogens is 1320 g/mol. The van der Waals surface area contributed by atoms with E-state index in [1.807, 2.05) is 6.08 Å². The summed E-state index contributed by atoms with van der Waals surface area (Å²) in [5.41, 5.74) is 0. The molecule has 0 spiro atoms. The lowest BCUT2D eigenvalue weighted by Gasteiger charge is -2.48. The zero-order valence-electron chi connectivity index (χ0n) is 64.0. The normalized spacial score (nSPS) is 26.6. The number of amides is 1. The molecule has 0 aliphatic carbocycles. The van der Waals surface area contributed by atoms with Crippen LogP contribution in [0.1, 0.15) is 277 Å². The standard InChI is InChI=1S/C85H145NO18/c1-3-5-7-9-11-13-15-17-19-21-23-25-27-29-31-32-33-34-35-36-37-39-41-43-45-47-49-51-53-55-57-59-61-63-73(91)86-68(69(90)62-60-58-56-54-52-50-48-46-44-42-40-38-30-28-26-24-22-20-18-16-14-12-10-8-6-4-2)67-99-83-79(97)76(94)81(71(65-88)101-83)104-85-80(98)77(95)82(72(66-89)102-85)103-84-78(96)75(93)74(92)70(64-87)100-84/h5,7,11,13,17,19,23,25,29,31,33-34,36-37,41,43,52,54,60,62,68-72,74-85,87-90,92-98H,3-4,6,8-10,12,14-16,18,20-22,24,26-28,30,32,35,38-40,42,44-51,53,55-59,61,63-67H2,1-2H3,(H,86,91)/b7-5-,13-11-,19-17-,25-23-,31-29-,34-33-,37-36-,43-41-,54-52+,62-60+. The van der Waals surface area contributed by atoms with E-state index in [4.69, 9.17) is 28.4 Å². The molecule has 0 saturated carbocycles. The molecular formula is C85H145NO18. The van der Waals surface area contributed by atoms with E-state index in [1.54, 1.807) is 6.08 Å². The van der Waals surface area contributed by atoms with Crippen LogP contribution in [-0.2, 0) is 33.2 Å². The monoisotopic (exact) mass is 1470 g/mol. The highest BCUT2D eigenvalue weighted by Gasteiger charge is 2.54. The number of carbonyl (C=O) groups is 1. The molecule has 104 heavy (non-hydrogen) atoms. The highest BCUT2D eigenvalue weighted by atomic mass is 16.8. The number of aliphatic hydroxyl groups is 11. The number of nitrogens with one attached hydrogen (secondary N) is 1. The molecule has 3 rings (SSSR count). The van der Waals surface area contributed by atoms with Gasteiger partial charge in [0.1, 0.15) is 73.2 Å². The Bertz CT molecular complexity index is 2350. The quantitative estimate of drug-likeness (QED) is 0.0199. The summed E-state index contributed by atoms with van der Waals surface area (Å²) >= 11 is 0. The molecule has 3 saturated heterocycles. The Morgan fingerprint density at radius 3 is 1.08 bits per heavy atom. The maximum atomic E-state index is 13.5. The van der Waals surface area contributed by atoms with E-state index in [0.29, 0.717) is 12.8 Å². The Morgan fingerprint density at radius 1 is 0.356 bits per heavy atom. The van der Waals surface area contributed by atoms with E-state index in [9.17, 15) is 61.0 Å². The molecule has 0 aromatic rings. The van der Waals surface area contributed by atoms with Gasteiger partial charge in [-0.15, -0.1) is 0 Å². The van der Waals surface area contributed by atoms with Crippen LogP contribution < -0.4 is 5.32 Å². The van der Waals surface area contributed by atoms with Gasteiger partial charge in [-0.3, -0.25) is 4.79 Å². The number of hydrogen-bond donors (Lipinski definition) is 12. The molecule has 598 valence electrons. The van der Waals surface area contributed by atoms with Gasteiger partial charge in [-0.1, -0.05) is 296 Å². The minimum Gasteiger partial charge on any atom is -0.394 e. The minimum atomic E-state index is -1.99. The topological polar surface area (TPSA) is 307 Å². The van der Waals surface area contributed by atoms with Crippen molar-refractivity contribution in [3.63, 3.8) is 0 Å². The van der Waals surface area contributed by atoms with Gasteiger partial charge in [-0.2, -0.15) is 0 Å². The van der Waals surface area contributed by atoms with Crippen LogP contribution in [0.5, 0.6) is 0 Å². The fourth-order valence-electron chi connectivity index (χ4n) is 13.0. The van der Waals surface area contributed by atoms with Crippen molar-refractivity contribution >= 4 is 5.91 Å². The fraction of sp³-hybridized carbons (Fsp3) is 0.753. The highest BCUT2D eigenvalue weighted by molar-refractivity contribution is 5.76. The maximum Gasteiger partial charge on any atom is 0.220 e. The minimum absolute atomic E-state index is 0.218. The zero-order chi connectivity index (χ0) is 75.3. The Kier molecular flexibility index (Phi) is 58.1. The second-order valence-corrected chi connectivity index (χ2v) is 28.5. The summed E-state index contributed by atoms with van der Waals surface area (Å²) in [6.07, 6.45) is 63.2. The molecule has 17 atom stereocenters. The van der Waals surface area contributed by atoms with Crippen molar-refractivity contribution in [3.05, 3.63) is 122 Å². The molecule has 0 aromatic carbocycles. The number of ether oxygens (including phenoxy) is 6. The number of rotatable bonds is 63. The Balaban J connectivity index is 1.39. The van der Waals surface area contributed by atoms with Crippen molar-refractivity contribution in [1.82, 2.24) is 5.32 Å². The van der Waals surface area contributed by atoms with Crippen molar-refractivity contribution < 1.29 is 89.4 Å². The van der Waals surface area contributed by atoms with E-state index in [1.165, 1.54) is 128 Å². The summed E-state index contributed by atoms with van der Waals surface area (Å²) in [4.78, 5) is 13.5. The summed E-state index contributed by atoms with van der Waals surface area (Å²) in [5.74, 6) is -0.297. The number of aliphatic hydroxyl groups excluding tert-OH is 11. The SMILES string of the molecule is CC/C=C\C/C=C\C/C=C\C/C=C\C/C=C\C/C=C\C/C=C\C/C=C\CCCCCCCCCCC(=O)NC(COC1OC(CO)C(OC2OC(CO)C(OC3OC(CO)C(O)C(O)C3O)C(O)C2O)C(O)C1O)C(O)/C=C/CC/C=C/CCCCCCCCCCCCCCCCCCCCCC. The first-order valence-electron chi connectivity index (χ1n) is 40.8. The van der Waals surface area contributed by atoms with Gasteiger partial charge in [0.25, 0.3) is 0 Å². The second kappa shape index (κ2) is 64.1. The smallest absolute Gasteiger partial charge is 0.220 e. The predicted octanol–water partition coefficient (Wildman–Crippen LogP) is 13.9. The van der Waals surface area contributed by atoms with Gasteiger partial charge in [0.15, 0.2) is 18.9 Å². The van der Waals surface area contributed by atoms with Crippen molar-refractivity contribution in [2.24, 2.45) is 0 Å². The molecule has 0 aromatic heterocycles. The molecule has 3 aliphatic heterocycles. The molecule has 3 aliphatic rings. The highest BCUT2D eigenvalue weighted by Crippen LogP contribution is 2.33. The largest absolute Gasteiger partial charge is 0.394 e. The zero-order valence-corrected chi connectivity index (χ0v) is 64.0. The summed E-state index contributed by atoms with van der Waals surface area (Å²) in [6.45, 7) is 1.61. The van der Waals surface area contributed by atoms with Crippen LogP contribution in [-0.4, -0.2) is 193 Å². The van der Waals surface area contributed by atoms with Crippen LogP contribution in [0.2, 0.25) is 0 Å². The van der Waals surface area contributed by atoms with E-state index >= 15 is 0 Å². The van der Waals surface area contributed by atoms with Crippen molar-refractivity contribution in [1.29, 1.82) is 0 Å². The average molecular weight is 1470 g/mol. The Labute approximate surface area is 627 Å². The van der Waals surface area contributed by atoms with Crippen LogP contribution in [0.15, 0.2) is 122 Å². The summed E-state index contributed by atoms with van der Waals surface area (Å²) < 4.78 is 34.4. The van der Waals surface area contributed by atoms with Crippen LogP contribution in [0, 0.1) is 0 Å². The molecule has 12 N–H and O–H groups in total. The van der Waals surface area contributed by atoms with E-state index in [-0.39, 0.29) is 18.9 Å². The second-order valence-electron chi connectivity index (χ2n) is 28.5. The van der Waals surface area contributed by atoms with Crippen LogP contribution in [0.3, 0.4) is 0 Å². The lowest BCUT2D eigenvalue weighted by molar-refractivity contribution is -0.379. The number of allylic oxidation sites excluding steroid dienone is 19. The number of hydrogen-bond acceptors (Lipinski definition) is 18. The third kappa shape index (κ3) is 43.4. The maximum absolute atomic E-state index is 13.5. The van der Waals surface area contributed by atoms with E-state index in [0.717, 1.165) is 116 Å². The van der Waals surface area contributed by atoms with Gasteiger partial charge in [0, 0.05) is 6.42 Å². The number of unbranched alkanes of at least 4 members (excludes halogenated alkanes) is 29. The summed E-state index contributed by atoms with van der Waals surface area (Å²) in [6, 6.07) is -1.01. The molecule has 3 heterocycles. The van der Waals surface area contributed by atoms with Crippen LogP contribution in [0.25, 0.3) is 0 Å². The lowest BCUT2D eigenvalue weighted by Crippen LogP contribution is -2.66. The Hall–Kier alpha value is -3.81. The molecule has 0 radical (unpaired) electrons. The van der Waals surface area contributed by atoms with Gasteiger partial charge in [-0.25, -0.2) is 0 Å². The lowest BCUT2D eigenvalue weighted by atomic mass is 9.96. The average Bonchev–Trinajstić information content (AvgIpc) is 0.783. The molecule has 17 unspecified atom stereocenters. The molecule has 1 amide bonds. The van der Waals surface area contributed by atoms with Crippen molar-refractivity contribution in [3.8, 4) is 0 Å². The predicted molar refractivity (Wildman–Crippen MR) is 415 cm³/mol. The van der Waals surface area contributed by atoms with Crippen molar-refractivity contribution in [2.45, 2.75) is 381 Å². The summed E-state index contributed by atoms with van der Waals surface area (Å²) in [5, 5.41) is 121. The van der Waals surface area contributed by atoms with E-state index < -0.39 is 124 Å². The first-order chi connectivity index (χ1) is 50.8. The molecule has 3 fully saturated rings. The van der Waals surface area contributed by atoms with Gasteiger partial charge < -0.3 is 89.9 Å². The van der Waals surface area contributed by atoms with Gasteiger partial charge in [-0.05, 0) is 96.3 Å².